The number of hydrogen-bond acceptors (Lipinski definition) is 6. The minimum atomic E-state index is -0.633. The lowest BCUT2D eigenvalue weighted by atomic mass is 10.0. The molecule has 29 heavy (non-hydrogen) atoms. The minimum absolute atomic E-state index is 0.0881. The van der Waals surface area contributed by atoms with Gasteiger partial charge in [-0.1, -0.05) is 36.4 Å². The van der Waals surface area contributed by atoms with Crippen molar-refractivity contribution in [3.8, 4) is 0 Å². The summed E-state index contributed by atoms with van der Waals surface area (Å²) in [6.45, 7) is 8.47. The van der Waals surface area contributed by atoms with Crippen molar-refractivity contribution < 1.29 is 9.59 Å². The Morgan fingerprint density at radius 2 is 1.07 bits per heavy atom. The minimum Gasteiger partial charge on any atom is -0.297 e. The smallest absolute Gasteiger partial charge is 0.198 e. The number of anilines is 2. The van der Waals surface area contributed by atoms with Gasteiger partial charge in [0, 0.05) is 19.4 Å². The summed E-state index contributed by atoms with van der Waals surface area (Å²) < 4.78 is 0. The Morgan fingerprint density at radius 3 is 1.34 bits per heavy atom. The van der Waals surface area contributed by atoms with Crippen LogP contribution in [0.5, 0.6) is 0 Å². The fourth-order valence-electron chi connectivity index (χ4n) is 2.57. The summed E-state index contributed by atoms with van der Waals surface area (Å²) in [7, 11) is 0. The molecule has 0 heterocycles. The van der Waals surface area contributed by atoms with Crippen molar-refractivity contribution in [2.24, 2.45) is 10.2 Å². The third-order valence-corrected chi connectivity index (χ3v) is 3.85. The molecule has 2 aromatic carbocycles. The standard InChI is InChI=1S/C22H27N5O2/c1-16(28)20(25-23-18-12-8-6-9-13-18)27(22(3,4)5)21(17(2)29)26-24-19-14-10-7-11-15-19/h6-15,23-24H,1-5H3/b25-20+,26-21+. The summed E-state index contributed by atoms with van der Waals surface area (Å²) in [4.78, 5) is 26.5. The zero-order valence-electron chi connectivity index (χ0n) is 17.4. The van der Waals surface area contributed by atoms with Gasteiger partial charge in [0.1, 0.15) is 0 Å². The maximum absolute atomic E-state index is 12.5. The number of benzene rings is 2. The highest BCUT2D eigenvalue weighted by Gasteiger charge is 2.34. The van der Waals surface area contributed by atoms with Crippen molar-refractivity contribution in [2.75, 3.05) is 10.9 Å². The molecule has 0 saturated carbocycles. The number of rotatable bonds is 6. The molecule has 0 spiro atoms. The van der Waals surface area contributed by atoms with Crippen LogP contribution < -0.4 is 10.9 Å². The van der Waals surface area contributed by atoms with Crippen LogP contribution >= 0.6 is 0 Å². The van der Waals surface area contributed by atoms with E-state index < -0.39 is 5.54 Å². The summed E-state index contributed by atoms with van der Waals surface area (Å²) in [5.74, 6) is -0.413. The third kappa shape index (κ3) is 6.27. The number of carbonyl (C=O) groups is 2. The molecule has 7 nitrogen and oxygen atoms in total. The molecular weight excluding hydrogens is 366 g/mol. The highest BCUT2D eigenvalue weighted by molar-refractivity contribution is 6.49. The van der Waals surface area contributed by atoms with Gasteiger partial charge in [0.25, 0.3) is 0 Å². The van der Waals surface area contributed by atoms with Gasteiger partial charge in [-0.3, -0.25) is 25.3 Å². The highest BCUT2D eigenvalue weighted by Crippen LogP contribution is 2.18. The average molecular weight is 393 g/mol. The predicted octanol–water partition coefficient (Wildman–Crippen LogP) is 4.12. The molecule has 0 atom stereocenters. The van der Waals surface area contributed by atoms with Crippen molar-refractivity contribution in [3.63, 3.8) is 0 Å². The first-order valence-corrected chi connectivity index (χ1v) is 9.29. The maximum atomic E-state index is 12.5. The molecule has 0 radical (unpaired) electrons. The second kappa shape index (κ2) is 9.64. The Hall–Kier alpha value is -3.48. The molecule has 0 aliphatic heterocycles. The van der Waals surface area contributed by atoms with Crippen LogP contribution in [0.2, 0.25) is 0 Å². The van der Waals surface area contributed by atoms with E-state index in [1.807, 2.05) is 81.4 Å². The van der Waals surface area contributed by atoms with Gasteiger partial charge in [0.15, 0.2) is 23.2 Å². The molecule has 2 N–H and O–H groups in total. The van der Waals surface area contributed by atoms with Crippen LogP contribution in [0.4, 0.5) is 11.4 Å². The number of ketones is 2. The van der Waals surface area contributed by atoms with Crippen LogP contribution in [0.1, 0.15) is 34.6 Å². The summed E-state index contributed by atoms with van der Waals surface area (Å²) in [6, 6.07) is 18.5. The first-order chi connectivity index (χ1) is 13.7. The molecule has 0 unspecified atom stereocenters. The predicted molar refractivity (Wildman–Crippen MR) is 118 cm³/mol. The van der Waals surface area contributed by atoms with E-state index in [4.69, 9.17) is 0 Å². The number of Topliss-reactive ketones (excluding diaryl/α,β-unsaturated/α-hetero) is 2. The zero-order chi connectivity index (χ0) is 21.4. The molecule has 0 amide bonds. The Bertz CT molecular complexity index is 830. The molecule has 152 valence electrons. The van der Waals surface area contributed by atoms with Gasteiger partial charge in [-0.05, 0) is 45.0 Å². The number of nitrogens with one attached hydrogen (secondary N) is 2. The van der Waals surface area contributed by atoms with Crippen LogP contribution in [-0.4, -0.2) is 33.7 Å². The van der Waals surface area contributed by atoms with Gasteiger partial charge in [0.05, 0.1) is 11.4 Å². The molecule has 0 saturated heterocycles. The average Bonchev–Trinajstić information content (AvgIpc) is 2.67. The Kier molecular flexibility index (Phi) is 7.25. The van der Waals surface area contributed by atoms with Gasteiger partial charge >= 0.3 is 0 Å². The molecule has 2 aromatic rings. The summed E-state index contributed by atoms with van der Waals surface area (Å²) in [5.41, 5.74) is 6.59. The second-order valence-corrected chi connectivity index (χ2v) is 7.45. The SMILES string of the molecule is CC(=O)/C(=N\Nc1ccccc1)N(/C(=N/Nc1ccccc1)C(C)=O)C(C)(C)C. The molecule has 0 fully saturated rings. The monoisotopic (exact) mass is 393 g/mol. The number of hydrazone groups is 2. The third-order valence-electron chi connectivity index (χ3n) is 3.85. The van der Waals surface area contributed by atoms with E-state index in [1.54, 1.807) is 4.90 Å². The molecule has 0 aromatic heterocycles. The number of amidine groups is 2. The lowest BCUT2D eigenvalue weighted by Gasteiger charge is -2.36. The quantitative estimate of drug-likeness (QED) is 0.438. The van der Waals surface area contributed by atoms with E-state index in [9.17, 15) is 9.59 Å². The summed E-state index contributed by atoms with van der Waals surface area (Å²) in [5, 5.41) is 8.60. The van der Waals surface area contributed by atoms with Crippen molar-refractivity contribution >= 4 is 34.6 Å². The van der Waals surface area contributed by atoms with Crippen LogP contribution in [-0.2, 0) is 9.59 Å². The van der Waals surface area contributed by atoms with E-state index in [1.165, 1.54) is 13.8 Å². The van der Waals surface area contributed by atoms with Crippen LogP contribution in [0.15, 0.2) is 70.9 Å². The fourth-order valence-corrected chi connectivity index (χ4v) is 2.57. The van der Waals surface area contributed by atoms with E-state index in [-0.39, 0.29) is 23.2 Å². The molecule has 7 heteroatoms. The Balaban J connectivity index is 2.46. The van der Waals surface area contributed by atoms with Gasteiger partial charge in [-0.2, -0.15) is 10.2 Å². The largest absolute Gasteiger partial charge is 0.297 e. The first kappa shape index (κ1) is 21.8. The lowest BCUT2D eigenvalue weighted by Crippen LogP contribution is -2.54. The number of hydrogen-bond donors (Lipinski definition) is 2. The summed E-state index contributed by atoms with van der Waals surface area (Å²) in [6.07, 6.45) is 0. The number of carbonyl (C=O) groups excluding carboxylic acids is 2. The van der Waals surface area contributed by atoms with Gasteiger partial charge in [-0.15, -0.1) is 0 Å². The summed E-state index contributed by atoms with van der Waals surface area (Å²) >= 11 is 0. The molecule has 0 aliphatic rings. The van der Waals surface area contributed by atoms with Gasteiger partial charge in [-0.25, -0.2) is 0 Å². The van der Waals surface area contributed by atoms with E-state index in [2.05, 4.69) is 21.1 Å². The van der Waals surface area contributed by atoms with Crippen LogP contribution in [0.3, 0.4) is 0 Å². The first-order valence-electron chi connectivity index (χ1n) is 9.29. The number of para-hydroxylation sites is 2. The molecular formula is C22H27N5O2. The van der Waals surface area contributed by atoms with E-state index >= 15 is 0 Å². The zero-order valence-corrected chi connectivity index (χ0v) is 17.4. The molecule has 0 bridgehead atoms. The van der Waals surface area contributed by atoms with Crippen molar-refractivity contribution in [1.29, 1.82) is 0 Å². The Labute approximate surface area is 171 Å². The van der Waals surface area contributed by atoms with Crippen molar-refractivity contribution in [3.05, 3.63) is 60.7 Å². The fraction of sp³-hybridized carbons (Fsp3) is 0.273. The second-order valence-electron chi connectivity index (χ2n) is 7.45. The van der Waals surface area contributed by atoms with E-state index in [0.717, 1.165) is 11.4 Å². The molecule has 2 rings (SSSR count). The van der Waals surface area contributed by atoms with Crippen molar-refractivity contribution in [1.82, 2.24) is 4.90 Å². The lowest BCUT2D eigenvalue weighted by molar-refractivity contribution is -0.112. The van der Waals surface area contributed by atoms with Crippen LogP contribution in [0, 0.1) is 0 Å². The van der Waals surface area contributed by atoms with Gasteiger partial charge in [0.2, 0.25) is 0 Å². The highest BCUT2D eigenvalue weighted by atomic mass is 16.1. The number of nitrogens with zero attached hydrogens (tertiary/aromatic N) is 3. The maximum Gasteiger partial charge on any atom is 0.198 e. The molecule has 0 aliphatic carbocycles. The van der Waals surface area contributed by atoms with Gasteiger partial charge < -0.3 is 0 Å². The van der Waals surface area contributed by atoms with E-state index in [0.29, 0.717) is 0 Å². The van der Waals surface area contributed by atoms with Crippen LogP contribution in [0.25, 0.3) is 0 Å². The normalized spacial score (nSPS) is 12.3. The Morgan fingerprint density at radius 1 is 0.724 bits per heavy atom. The topological polar surface area (TPSA) is 86.2 Å². The van der Waals surface area contributed by atoms with Crippen molar-refractivity contribution in [2.45, 2.75) is 40.2 Å².